The molecular weight excluding hydrogens is 1130 g/mol. The van der Waals surface area contributed by atoms with Crippen LogP contribution in [0.25, 0.3) is 0 Å². The number of ether oxygens (including phenoxy) is 4. The van der Waals surface area contributed by atoms with Gasteiger partial charge in [0.2, 0.25) is 5.91 Å². The zero-order valence-electron chi connectivity index (χ0n) is 57.1. The van der Waals surface area contributed by atoms with E-state index in [1.807, 2.05) is 6.08 Å². The standard InChI is InChI=1S/C76H137NO13/c1-3-5-7-9-11-13-15-17-19-21-22-23-24-25-26-27-28-29-30-31-32-33-34-35-36-37-38-39-40-41-42-44-46-48-50-52-54-56-58-60-68(81)77-64(65(80)59-57-55-53-51-49-47-45-43-20-18-16-14-12-10-8-6-4-2)63-87-75-73(86)71(84)74(67(62-79)89-75)90-76-72(85)70(83)69(82)66(61-78)88-76/h5,7,11,13,17,19,22-23,25-26,57,59,64-67,69-76,78-80,82-86H,3-4,6,8-10,12,14-16,18,20-21,24,27-56,58,60-63H2,1-2H3,(H,77,81)/b7-5-,13-11-,19-17-,23-22-,26-25-,59-57+. The van der Waals surface area contributed by atoms with Crippen molar-refractivity contribution in [3.05, 3.63) is 72.9 Å². The number of nitrogens with one attached hydrogen (secondary N) is 1. The van der Waals surface area contributed by atoms with Crippen LogP contribution in [0.2, 0.25) is 0 Å². The first-order valence-electron chi connectivity index (χ1n) is 37.2. The molecule has 14 heteroatoms. The molecule has 14 nitrogen and oxygen atoms in total. The van der Waals surface area contributed by atoms with E-state index in [4.69, 9.17) is 18.9 Å². The highest BCUT2D eigenvalue weighted by atomic mass is 16.7. The van der Waals surface area contributed by atoms with Crippen molar-refractivity contribution in [2.45, 2.75) is 383 Å². The molecule has 0 spiro atoms. The maximum absolute atomic E-state index is 13.3. The Morgan fingerprint density at radius 2 is 0.767 bits per heavy atom. The van der Waals surface area contributed by atoms with Gasteiger partial charge >= 0.3 is 0 Å². The lowest BCUT2D eigenvalue weighted by Crippen LogP contribution is -2.65. The summed E-state index contributed by atoms with van der Waals surface area (Å²) in [7, 11) is 0. The summed E-state index contributed by atoms with van der Waals surface area (Å²) in [5, 5.41) is 87.4. The van der Waals surface area contributed by atoms with Gasteiger partial charge in [0.05, 0.1) is 32.0 Å². The summed E-state index contributed by atoms with van der Waals surface area (Å²) in [4.78, 5) is 13.3. The zero-order chi connectivity index (χ0) is 65.2. The molecule has 0 aliphatic carbocycles. The van der Waals surface area contributed by atoms with E-state index in [2.05, 4.69) is 79.9 Å². The molecule has 2 aliphatic rings. The quantitative estimate of drug-likeness (QED) is 0.0204. The molecule has 12 atom stereocenters. The summed E-state index contributed by atoms with van der Waals surface area (Å²) in [5.74, 6) is -0.235. The molecule has 0 aromatic heterocycles. The van der Waals surface area contributed by atoms with E-state index in [9.17, 15) is 45.6 Å². The normalized spacial score (nSPS) is 23.3. The summed E-state index contributed by atoms with van der Waals surface area (Å²) in [5.41, 5.74) is 0. The molecule has 0 aromatic rings. The molecule has 0 aromatic carbocycles. The van der Waals surface area contributed by atoms with E-state index in [1.165, 1.54) is 212 Å². The second kappa shape index (κ2) is 60.1. The summed E-state index contributed by atoms with van der Waals surface area (Å²) in [6.45, 7) is 2.72. The van der Waals surface area contributed by atoms with Crippen molar-refractivity contribution in [3.63, 3.8) is 0 Å². The van der Waals surface area contributed by atoms with Crippen molar-refractivity contribution < 1.29 is 64.6 Å². The van der Waals surface area contributed by atoms with E-state index in [0.717, 1.165) is 70.6 Å². The van der Waals surface area contributed by atoms with Crippen LogP contribution in [0.15, 0.2) is 72.9 Å². The number of unbranched alkanes of at least 4 members (excludes halogenated alkanes) is 38. The van der Waals surface area contributed by atoms with Gasteiger partial charge in [-0.2, -0.15) is 0 Å². The van der Waals surface area contributed by atoms with Crippen molar-refractivity contribution in [2.75, 3.05) is 19.8 Å². The van der Waals surface area contributed by atoms with Gasteiger partial charge in [0.25, 0.3) is 0 Å². The fourth-order valence-corrected chi connectivity index (χ4v) is 12.0. The second-order valence-electron chi connectivity index (χ2n) is 26.0. The third-order valence-corrected chi connectivity index (χ3v) is 17.9. The van der Waals surface area contributed by atoms with Crippen LogP contribution in [0.3, 0.4) is 0 Å². The molecule has 2 heterocycles. The van der Waals surface area contributed by atoms with Crippen LogP contribution in [-0.4, -0.2) is 140 Å². The summed E-state index contributed by atoms with van der Waals surface area (Å²) < 4.78 is 22.9. The monoisotopic (exact) mass is 1270 g/mol. The summed E-state index contributed by atoms with van der Waals surface area (Å²) in [6, 6.07) is -0.915. The zero-order valence-corrected chi connectivity index (χ0v) is 57.1. The number of carbonyl (C=O) groups is 1. The largest absolute Gasteiger partial charge is 0.394 e. The maximum atomic E-state index is 13.3. The molecule has 0 bridgehead atoms. The van der Waals surface area contributed by atoms with E-state index in [-0.39, 0.29) is 18.9 Å². The average Bonchev–Trinajstić information content (AvgIpc) is 1.04. The first-order valence-corrected chi connectivity index (χ1v) is 37.2. The maximum Gasteiger partial charge on any atom is 0.220 e. The number of rotatable bonds is 61. The van der Waals surface area contributed by atoms with Crippen molar-refractivity contribution in [3.8, 4) is 0 Å². The molecule has 524 valence electrons. The minimum Gasteiger partial charge on any atom is -0.394 e. The molecule has 0 radical (unpaired) electrons. The molecule has 2 aliphatic heterocycles. The van der Waals surface area contributed by atoms with Crippen molar-refractivity contribution >= 4 is 5.91 Å². The summed E-state index contributed by atoms with van der Waals surface area (Å²) in [6.07, 6.45) is 65.5. The lowest BCUT2D eigenvalue weighted by Gasteiger charge is -2.46. The van der Waals surface area contributed by atoms with E-state index < -0.39 is 86.8 Å². The van der Waals surface area contributed by atoms with Crippen molar-refractivity contribution in [2.24, 2.45) is 0 Å². The first kappa shape index (κ1) is 83.5. The lowest BCUT2D eigenvalue weighted by molar-refractivity contribution is -0.359. The van der Waals surface area contributed by atoms with Crippen LogP contribution in [0, 0.1) is 0 Å². The second-order valence-corrected chi connectivity index (χ2v) is 26.0. The summed E-state index contributed by atoms with van der Waals surface area (Å²) >= 11 is 0. The molecule has 2 fully saturated rings. The number of amides is 1. The van der Waals surface area contributed by atoms with Gasteiger partial charge in [-0.25, -0.2) is 0 Å². The highest BCUT2D eigenvalue weighted by Crippen LogP contribution is 2.30. The molecule has 2 rings (SSSR count). The molecule has 2 saturated heterocycles. The SMILES string of the molecule is CC/C=C\C/C=C\C/C=C\C/C=C\C/C=C\CCCCCCCCCCCCCCCCCCCCCCCCCC(=O)NC(COC1OC(CO)C(OC2OC(CO)C(O)C(O)C2O)C(O)C1O)C(O)/C=C/CCCCCCCCCCCCCCCCC. The molecule has 12 unspecified atom stereocenters. The Morgan fingerprint density at radius 3 is 1.18 bits per heavy atom. The van der Waals surface area contributed by atoms with E-state index >= 15 is 0 Å². The Kier molecular flexibility index (Phi) is 55.8. The van der Waals surface area contributed by atoms with E-state index in [0.29, 0.717) is 6.42 Å². The first-order chi connectivity index (χ1) is 44.1. The fourth-order valence-electron chi connectivity index (χ4n) is 12.0. The van der Waals surface area contributed by atoms with Crippen LogP contribution in [-0.2, 0) is 23.7 Å². The van der Waals surface area contributed by atoms with Gasteiger partial charge in [-0.3, -0.25) is 4.79 Å². The van der Waals surface area contributed by atoms with Crippen LogP contribution >= 0.6 is 0 Å². The minimum atomic E-state index is -1.79. The number of aliphatic hydroxyl groups excluding tert-OH is 8. The number of hydrogen-bond acceptors (Lipinski definition) is 13. The van der Waals surface area contributed by atoms with Crippen LogP contribution in [0.4, 0.5) is 0 Å². The van der Waals surface area contributed by atoms with Gasteiger partial charge in [-0.05, 0) is 64.2 Å². The highest BCUT2D eigenvalue weighted by Gasteiger charge is 2.51. The topological polar surface area (TPSA) is 228 Å². The minimum absolute atomic E-state index is 0.235. The van der Waals surface area contributed by atoms with Crippen LogP contribution in [0.1, 0.15) is 309 Å². The van der Waals surface area contributed by atoms with Gasteiger partial charge < -0.3 is 65.1 Å². The molecular formula is C76H137NO13. The third-order valence-electron chi connectivity index (χ3n) is 17.9. The number of hydrogen-bond donors (Lipinski definition) is 9. The lowest BCUT2D eigenvalue weighted by atomic mass is 9.97. The highest BCUT2D eigenvalue weighted by molar-refractivity contribution is 5.76. The Hall–Kier alpha value is -2.57. The predicted octanol–water partition coefficient (Wildman–Crippen LogP) is 15.8. The van der Waals surface area contributed by atoms with Crippen LogP contribution in [0.5, 0.6) is 0 Å². The smallest absolute Gasteiger partial charge is 0.220 e. The predicted molar refractivity (Wildman–Crippen MR) is 369 cm³/mol. The Bertz CT molecular complexity index is 1790. The van der Waals surface area contributed by atoms with Gasteiger partial charge in [0.15, 0.2) is 12.6 Å². The number of allylic oxidation sites excluding steroid dienone is 11. The Balaban J connectivity index is 1.57. The van der Waals surface area contributed by atoms with Crippen LogP contribution < -0.4 is 5.32 Å². The Labute approximate surface area is 548 Å². The van der Waals surface area contributed by atoms with Gasteiger partial charge in [0.1, 0.15) is 48.8 Å². The van der Waals surface area contributed by atoms with Gasteiger partial charge in [-0.1, -0.05) is 311 Å². The molecule has 0 saturated carbocycles. The Morgan fingerprint density at radius 1 is 0.411 bits per heavy atom. The van der Waals surface area contributed by atoms with E-state index in [1.54, 1.807) is 6.08 Å². The van der Waals surface area contributed by atoms with Crippen molar-refractivity contribution in [1.29, 1.82) is 0 Å². The fraction of sp³-hybridized carbons (Fsp3) is 0.829. The van der Waals surface area contributed by atoms with Gasteiger partial charge in [-0.15, -0.1) is 0 Å². The van der Waals surface area contributed by atoms with Crippen molar-refractivity contribution in [1.82, 2.24) is 5.32 Å². The number of carbonyl (C=O) groups excluding carboxylic acids is 1. The third kappa shape index (κ3) is 43.4. The molecule has 9 N–H and O–H groups in total. The molecule has 90 heavy (non-hydrogen) atoms. The molecule has 1 amide bonds. The average molecular weight is 1270 g/mol. The van der Waals surface area contributed by atoms with Gasteiger partial charge in [0, 0.05) is 6.42 Å². The number of aliphatic hydroxyl groups is 8.